The lowest BCUT2D eigenvalue weighted by Crippen LogP contribution is -2.18. The lowest BCUT2D eigenvalue weighted by atomic mass is 9.78. The zero-order valence-electron chi connectivity index (χ0n) is 13.4. The van der Waals surface area contributed by atoms with Gasteiger partial charge in [-0.3, -0.25) is 0 Å². The number of halogens is 1. The van der Waals surface area contributed by atoms with Crippen LogP contribution in [0, 0.1) is 0 Å². The highest BCUT2D eigenvalue weighted by Crippen LogP contribution is 2.39. The summed E-state index contributed by atoms with van der Waals surface area (Å²) in [6, 6.07) is 3.80. The van der Waals surface area contributed by atoms with Crippen molar-refractivity contribution in [3.8, 4) is 5.75 Å². The highest BCUT2D eigenvalue weighted by atomic mass is 35.5. The largest absolute Gasteiger partial charge is 0.507 e. The third kappa shape index (κ3) is 3.89. The smallest absolute Gasteiger partial charge is 0.123 e. The number of phenols is 1. The normalized spacial score (nSPS) is 13.1. The van der Waals surface area contributed by atoms with Gasteiger partial charge < -0.3 is 10.3 Å². The van der Waals surface area contributed by atoms with Gasteiger partial charge in [-0.1, -0.05) is 46.7 Å². The second kappa shape index (κ2) is 6.04. The minimum atomic E-state index is -0.171. The summed E-state index contributed by atoms with van der Waals surface area (Å²) in [5, 5.41) is 22.8. The monoisotopic (exact) mass is 299 g/mol. The van der Waals surface area contributed by atoms with Crippen LogP contribution in [0.25, 0.3) is 0 Å². The summed E-state index contributed by atoms with van der Waals surface area (Å²) in [6.45, 7) is 14.1. The van der Waals surface area contributed by atoms with Crippen LogP contribution < -0.4 is 0 Å². The first kappa shape index (κ1) is 18.8. The van der Waals surface area contributed by atoms with E-state index in [9.17, 15) is 5.11 Å². The van der Waals surface area contributed by atoms with E-state index in [1.807, 2.05) is 12.1 Å². The Morgan fingerprint density at radius 1 is 0.950 bits per heavy atom. The van der Waals surface area contributed by atoms with Crippen LogP contribution in [0.15, 0.2) is 17.3 Å². The Morgan fingerprint density at radius 3 is 1.55 bits per heavy atom. The zero-order chi connectivity index (χ0) is 15.0. The summed E-state index contributed by atoms with van der Waals surface area (Å²) in [4.78, 5) is 0. The van der Waals surface area contributed by atoms with Crippen molar-refractivity contribution in [3.05, 3.63) is 28.8 Å². The molecule has 0 radical (unpaired) electrons. The zero-order valence-corrected chi connectivity index (χ0v) is 14.2. The van der Waals surface area contributed by atoms with Crippen LogP contribution in [0.1, 0.15) is 65.2 Å². The molecule has 0 aliphatic heterocycles. The molecule has 1 rings (SSSR count). The lowest BCUT2D eigenvalue weighted by molar-refractivity contribution is 0.319. The number of phenolic OH excluding ortho intramolecular Hbond substituents is 1. The first-order chi connectivity index (χ1) is 8.48. The second-order valence-corrected chi connectivity index (χ2v) is 7.11. The van der Waals surface area contributed by atoms with Gasteiger partial charge in [0.05, 0.1) is 5.71 Å². The molecule has 0 bridgehead atoms. The molecule has 0 spiro atoms. The molecular formula is C16H26ClNO2. The Morgan fingerprint density at radius 2 is 1.30 bits per heavy atom. The summed E-state index contributed by atoms with van der Waals surface area (Å²) in [7, 11) is 0. The van der Waals surface area contributed by atoms with E-state index in [-0.39, 0.29) is 23.2 Å². The first-order valence-corrected chi connectivity index (χ1v) is 6.55. The van der Waals surface area contributed by atoms with Crippen molar-refractivity contribution in [2.24, 2.45) is 5.16 Å². The van der Waals surface area contributed by atoms with E-state index in [1.165, 1.54) is 0 Å². The summed E-state index contributed by atoms with van der Waals surface area (Å²) in [6.07, 6.45) is 0. The molecule has 0 aliphatic rings. The Kier molecular flexibility index (Phi) is 5.68. The van der Waals surface area contributed by atoms with Crippen LogP contribution in [0.3, 0.4) is 0 Å². The van der Waals surface area contributed by atoms with Crippen molar-refractivity contribution in [1.29, 1.82) is 0 Å². The van der Waals surface area contributed by atoms with Crippen molar-refractivity contribution in [3.63, 3.8) is 0 Å². The second-order valence-electron chi connectivity index (χ2n) is 7.11. The van der Waals surface area contributed by atoms with Gasteiger partial charge in [-0.05, 0) is 35.4 Å². The van der Waals surface area contributed by atoms with Crippen LogP contribution >= 0.6 is 12.4 Å². The third-order valence-electron chi connectivity index (χ3n) is 3.29. The van der Waals surface area contributed by atoms with E-state index in [1.54, 1.807) is 6.92 Å². The molecule has 2 N–H and O–H groups in total. The quantitative estimate of drug-likeness (QED) is 0.452. The van der Waals surface area contributed by atoms with Crippen molar-refractivity contribution in [2.75, 3.05) is 0 Å². The average molecular weight is 300 g/mol. The van der Waals surface area contributed by atoms with Gasteiger partial charge in [0, 0.05) is 11.1 Å². The van der Waals surface area contributed by atoms with Crippen LogP contribution in [0.4, 0.5) is 0 Å². The summed E-state index contributed by atoms with van der Waals surface area (Å²) >= 11 is 0. The van der Waals surface area contributed by atoms with E-state index >= 15 is 0 Å². The molecule has 0 aromatic heterocycles. The van der Waals surface area contributed by atoms with Crippen LogP contribution in [-0.4, -0.2) is 16.0 Å². The third-order valence-corrected chi connectivity index (χ3v) is 3.29. The number of rotatable bonds is 1. The SMILES string of the molecule is CC(=NO)c1cc(C(C)(C)C)c(O)c(C(C)(C)C)c1.Cl. The molecule has 3 nitrogen and oxygen atoms in total. The summed E-state index contributed by atoms with van der Waals surface area (Å²) in [5.41, 5.74) is 2.80. The van der Waals surface area contributed by atoms with Crippen LogP contribution in [-0.2, 0) is 10.8 Å². The van der Waals surface area contributed by atoms with Crippen molar-refractivity contribution in [1.82, 2.24) is 0 Å². The topological polar surface area (TPSA) is 52.8 Å². The van der Waals surface area contributed by atoms with Gasteiger partial charge in [-0.2, -0.15) is 0 Å². The fourth-order valence-electron chi connectivity index (χ4n) is 2.04. The van der Waals surface area contributed by atoms with Gasteiger partial charge >= 0.3 is 0 Å². The number of aromatic hydroxyl groups is 1. The number of nitrogens with zero attached hydrogens (tertiary/aromatic N) is 1. The molecule has 0 amide bonds. The molecule has 0 saturated heterocycles. The molecule has 4 heteroatoms. The first-order valence-electron chi connectivity index (χ1n) is 6.55. The van der Waals surface area contributed by atoms with Crippen LogP contribution in [0.2, 0.25) is 0 Å². The average Bonchev–Trinajstić information content (AvgIpc) is 2.25. The molecule has 114 valence electrons. The molecule has 20 heavy (non-hydrogen) atoms. The van der Waals surface area contributed by atoms with Crippen molar-refractivity contribution >= 4 is 18.1 Å². The number of hydrogen-bond acceptors (Lipinski definition) is 3. The minimum absolute atomic E-state index is 0. The molecule has 0 unspecified atom stereocenters. The summed E-state index contributed by atoms with van der Waals surface area (Å²) in [5.74, 6) is 0.342. The van der Waals surface area contributed by atoms with E-state index < -0.39 is 0 Å². The predicted molar refractivity (Wildman–Crippen MR) is 86.8 cm³/mol. The predicted octanol–water partition coefficient (Wildman–Crippen LogP) is 4.61. The maximum absolute atomic E-state index is 10.5. The highest BCUT2D eigenvalue weighted by molar-refractivity contribution is 5.99. The molecule has 0 atom stereocenters. The van der Waals surface area contributed by atoms with E-state index in [2.05, 4.69) is 46.7 Å². The lowest BCUT2D eigenvalue weighted by Gasteiger charge is -2.28. The van der Waals surface area contributed by atoms with Crippen LogP contribution in [0.5, 0.6) is 5.75 Å². The fourth-order valence-corrected chi connectivity index (χ4v) is 2.04. The Labute approximate surface area is 128 Å². The number of hydrogen-bond donors (Lipinski definition) is 2. The molecular weight excluding hydrogens is 274 g/mol. The molecule has 1 aromatic rings. The molecule has 0 fully saturated rings. The van der Waals surface area contributed by atoms with Gasteiger partial charge in [0.25, 0.3) is 0 Å². The fraction of sp³-hybridized carbons (Fsp3) is 0.562. The van der Waals surface area contributed by atoms with Crippen molar-refractivity contribution in [2.45, 2.75) is 59.3 Å². The molecule has 1 aromatic carbocycles. The van der Waals surface area contributed by atoms with Crippen molar-refractivity contribution < 1.29 is 10.3 Å². The van der Waals surface area contributed by atoms with E-state index in [0.717, 1.165) is 16.7 Å². The maximum Gasteiger partial charge on any atom is 0.123 e. The van der Waals surface area contributed by atoms with Gasteiger partial charge in [0.1, 0.15) is 5.75 Å². The minimum Gasteiger partial charge on any atom is -0.507 e. The molecule has 0 aliphatic carbocycles. The Hall–Kier alpha value is -1.22. The highest BCUT2D eigenvalue weighted by Gasteiger charge is 2.26. The Bertz CT molecular complexity index is 473. The molecule has 0 saturated carbocycles. The summed E-state index contributed by atoms with van der Waals surface area (Å²) < 4.78 is 0. The number of benzene rings is 1. The van der Waals surface area contributed by atoms with E-state index in [0.29, 0.717) is 11.5 Å². The molecule has 0 heterocycles. The van der Waals surface area contributed by atoms with Gasteiger partial charge in [-0.25, -0.2) is 0 Å². The van der Waals surface area contributed by atoms with E-state index in [4.69, 9.17) is 5.21 Å². The van der Waals surface area contributed by atoms with Gasteiger partial charge in [-0.15, -0.1) is 12.4 Å². The standard InChI is InChI=1S/C16H25NO2.ClH/c1-10(17-19)11-8-12(15(2,3)4)14(18)13(9-11)16(5,6)7;/h8-9,18-19H,1-7H3;1H. The van der Waals surface area contributed by atoms with Gasteiger partial charge in [0.15, 0.2) is 0 Å². The van der Waals surface area contributed by atoms with Gasteiger partial charge in [0.2, 0.25) is 0 Å². The Balaban J connectivity index is 0.00000361. The number of oxime groups is 1. The maximum atomic E-state index is 10.5.